The Labute approximate surface area is 201 Å². The Kier molecular flexibility index (Phi) is 8.61. The van der Waals surface area contributed by atoms with Gasteiger partial charge in [0.15, 0.2) is 0 Å². The molecule has 1 aromatic rings. The summed E-state index contributed by atoms with van der Waals surface area (Å²) in [5.74, 6) is 0.798. The van der Waals surface area contributed by atoms with Gasteiger partial charge in [0, 0.05) is 39.3 Å². The first-order chi connectivity index (χ1) is 16.6. The van der Waals surface area contributed by atoms with Crippen LogP contribution < -0.4 is 5.32 Å². The third-order valence-electron chi connectivity index (χ3n) is 7.46. The highest BCUT2D eigenvalue weighted by molar-refractivity contribution is 6.04. The Bertz CT molecular complexity index is 827. The third kappa shape index (κ3) is 5.99. The average molecular weight is 475 g/mol. The number of piperidine rings is 2. The van der Waals surface area contributed by atoms with E-state index in [0.717, 1.165) is 24.3 Å². The molecule has 3 saturated heterocycles. The number of hydrogen-bond acceptors (Lipinski definition) is 6. The van der Waals surface area contributed by atoms with E-state index in [4.69, 9.17) is 9.15 Å². The van der Waals surface area contributed by atoms with Crippen molar-refractivity contribution in [3.05, 3.63) is 24.2 Å². The SMILES string of the molecule is COCCCN(C[C@@H]1CCCN2CCCC[C@@H]12)C(=O)CC[C@@H]1NC(=O)N(Cc2ccco2)C1=O. The van der Waals surface area contributed by atoms with Gasteiger partial charge in [-0.25, -0.2) is 4.79 Å². The summed E-state index contributed by atoms with van der Waals surface area (Å²) in [6.45, 7) is 4.49. The van der Waals surface area contributed by atoms with Gasteiger partial charge < -0.3 is 24.3 Å². The number of carbonyl (C=O) groups is 3. The standard InChI is InChI=1S/C25H38N4O5/c1-33-15-6-14-28(17-19-7-4-13-27-12-3-2-9-22(19)27)23(30)11-10-21-24(31)29(25(32)26-21)18-20-8-5-16-34-20/h5,8,16,19,21-22H,2-4,6-7,9-15,17-18H2,1H3,(H,26,32)/t19-,21-,22-/m0/s1. The summed E-state index contributed by atoms with van der Waals surface area (Å²) in [5, 5.41) is 2.73. The number of urea groups is 1. The normalized spacial score (nSPS) is 25.3. The number of furan rings is 1. The fraction of sp³-hybridized carbons (Fsp3) is 0.720. The second-order valence-electron chi connectivity index (χ2n) is 9.73. The zero-order chi connectivity index (χ0) is 23.9. The molecule has 1 N–H and O–H groups in total. The molecule has 0 saturated carbocycles. The van der Waals surface area contributed by atoms with Crippen molar-refractivity contribution < 1.29 is 23.5 Å². The summed E-state index contributed by atoms with van der Waals surface area (Å²) in [5.41, 5.74) is 0. The van der Waals surface area contributed by atoms with Gasteiger partial charge in [-0.05, 0) is 69.7 Å². The van der Waals surface area contributed by atoms with Crippen LogP contribution in [0.2, 0.25) is 0 Å². The zero-order valence-corrected chi connectivity index (χ0v) is 20.2. The number of fused-ring (bicyclic) bond motifs is 1. The van der Waals surface area contributed by atoms with Crippen LogP contribution in [0.5, 0.6) is 0 Å². The molecule has 0 aliphatic carbocycles. The third-order valence-corrected chi connectivity index (χ3v) is 7.46. The topological polar surface area (TPSA) is 95.3 Å². The monoisotopic (exact) mass is 474 g/mol. The second-order valence-corrected chi connectivity index (χ2v) is 9.73. The van der Waals surface area contributed by atoms with E-state index < -0.39 is 12.1 Å². The van der Waals surface area contributed by atoms with E-state index in [9.17, 15) is 14.4 Å². The molecule has 9 nitrogen and oxygen atoms in total. The first-order valence-electron chi connectivity index (χ1n) is 12.7. The summed E-state index contributed by atoms with van der Waals surface area (Å²) in [6, 6.07) is 2.92. The molecule has 9 heteroatoms. The molecule has 0 spiro atoms. The quantitative estimate of drug-likeness (QED) is 0.391. The number of nitrogens with one attached hydrogen (secondary N) is 1. The minimum atomic E-state index is -0.671. The number of carbonyl (C=O) groups excluding carboxylic acids is 3. The van der Waals surface area contributed by atoms with Gasteiger partial charge in [0.05, 0.1) is 12.8 Å². The molecule has 3 aliphatic rings. The van der Waals surface area contributed by atoms with E-state index in [1.165, 1.54) is 45.0 Å². The van der Waals surface area contributed by atoms with Gasteiger partial charge in [0.25, 0.3) is 5.91 Å². The molecule has 0 radical (unpaired) electrons. The molecular formula is C25H38N4O5. The van der Waals surface area contributed by atoms with Gasteiger partial charge in [-0.15, -0.1) is 0 Å². The molecular weight excluding hydrogens is 436 g/mol. The second kappa shape index (κ2) is 11.8. The molecule has 1 aromatic heterocycles. The summed E-state index contributed by atoms with van der Waals surface area (Å²) >= 11 is 0. The Balaban J connectivity index is 1.33. The summed E-state index contributed by atoms with van der Waals surface area (Å²) < 4.78 is 10.5. The smallest absolute Gasteiger partial charge is 0.325 e. The largest absolute Gasteiger partial charge is 0.467 e. The van der Waals surface area contributed by atoms with Gasteiger partial charge in [0.2, 0.25) is 5.91 Å². The minimum Gasteiger partial charge on any atom is -0.467 e. The van der Waals surface area contributed by atoms with Crippen LogP contribution in [-0.4, -0.2) is 84.5 Å². The number of methoxy groups -OCH3 is 1. The number of ether oxygens (including phenoxy) is 1. The lowest BCUT2D eigenvalue weighted by molar-refractivity contribution is -0.133. The summed E-state index contributed by atoms with van der Waals surface area (Å²) in [6.07, 6.45) is 8.96. The lowest BCUT2D eigenvalue weighted by Crippen LogP contribution is -2.51. The number of rotatable bonds is 11. The van der Waals surface area contributed by atoms with Crippen LogP contribution in [0.4, 0.5) is 4.79 Å². The van der Waals surface area contributed by atoms with Crippen molar-refractivity contribution in [2.24, 2.45) is 5.92 Å². The van der Waals surface area contributed by atoms with Gasteiger partial charge in [-0.1, -0.05) is 6.42 Å². The molecule has 0 aromatic carbocycles. The molecule has 34 heavy (non-hydrogen) atoms. The lowest BCUT2D eigenvalue weighted by Gasteiger charge is -2.45. The maximum atomic E-state index is 13.3. The highest BCUT2D eigenvalue weighted by Crippen LogP contribution is 2.31. The van der Waals surface area contributed by atoms with Gasteiger partial charge >= 0.3 is 6.03 Å². The van der Waals surface area contributed by atoms with Gasteiger partial charge in [-0.2, -0.15) is 0 Å². The maximum absolute atomic E-state index is 13.3. The first-order valence-corrected chi connectivity index (χ1v) is 12.7. The molecule has 188 valence electrons. The van der Waals surface area contributed by atoms with Crippen LogP contribution in [0.15, 0.2) is 22.8 Å². The molecule has 4 heterocycles. The van der Waals surface area contributed by atoms with E-state index in [1.807, 2.05) is 4.90 Å². The van der Waals surface area contributed by atoms with Crippen LogP contribution in [-0.2, 0) is 20.9 Å². The van der Waals surface area contributed by atoms with E-state index in [-0.39, 0.29) is 24.8 Å². The zero-order valence-electron chi connectivity index (χ0n) is 20.2. The fourth-order valence-electron chi connectivity index (χ4n) is 5.70. The van der Waals surface area contributed by atoms with Crippen LogP contribution in [0.25, 0.3) is 0 Å². The minimum absolute atomic E-state index is 0.0515. The molecule has 3 aliphatic heterocycles. The molecule has 0 bridgehead atoms. The molecule has 0 unspecified atom stereocenters. The van der Waals surface area contributed by atoms with E-state index >= 15 is 0 Å². The molecule has 4 rings (SSSR count). The molecule has 4 amide bonds. The summed E-state index contributed by atoms with van der Waals surface area (Å²) in [7, 11) is 1.68. The van der Waals surface area contributed by atoms with E-state index in [2.05, 4.69) is 10.2 Å². The van der Waals surface area contributed by atoms with Crippen LogP contribution in [0.1, 0.15) is 57.1 Å². The Morgan fingerprint density at radius 3 is 2.88 bits per heavy atom. The average Bonchev–Trinajstić information content (AvgIpc) is 3.46. The van der Waals surface area contributed by atoms with Crippen molar-refractivity contribution in [2.75, 3.05) is 39.9 Å². The lowest BCUT2D eigenvalue weighted by atomic mass is 9.83. The molecule has 3 fully saturated rings. The van der Waals surface area contributed by atoms with Gasteiger partial charge in [0.1, 0.15) is 11.8 Å². The van der Waals surface area contributed by atoms with Crippen LogP contribution >= 0.6 is 0 Å². The number of amides is 4. The predicted molar refractivity (Wildman–Crippen MR) is 126 cm³/mol. The molecule has 3 atom stereocenters. The predicted octanol–water partition coefficient (Wildman–Crippen LogP) is 2.61. The highest BCUT2D eigenvalue weighted by atomic mass is 16.5. The van der Waals surface area contributed by atoms with Crippen molar-refractivity contribution in [1.29, 1.82) is 0 Å². The fourth-order valence-corrected chi connectivity index (χ4v) is 5.70. The Hall–Kier alpha value is -2.39. The van der Waals surface area contributed by atoms with Crippen molar-refractivity contribution in [2.45, 2.75) is 70.0 Å². The maximum Gasteiger partial charge on any atom is 0.325 e. The van der Waals surface area contributed by atoms with Crippen molar-refractivity contribution in [3.8, 4) is 0 Å². The first kappa shape index (κ1) is 24.7. The Morgan fingerprint density at radius 1 is 1.24 bits per heavy atom. The van der Waals surface area contributed by atoms with Gasteiger partial charge in [-0.3, -0.25) is 14.5 Å². The highest BCUT2D eigenvalue weighted by Gasteiger charge is 2.39. The number of imide groups is 1. The van der Waals surface area contributed by atoms with Crippen molar-refractivity contribution in [1.82, 2.24) is 20.0 Å². The Morgan fingerprint density at radius 2 is 2.09 bits per heavy atom. The number of hydrogen-bond donors (Lipinski definition) is 1. The van der Waals surface area contributed by atoms with E-state index in [0.29, 0.717) is 37.3 Å². The van der Waals surface area contributed by atoms with E-state index in [1.54, 1.807) is 19.2 Å². The number of nitrogens with zero attached hydrogens (tertiary/aromatic N) is 3. The van der Waals surface area contributed by atoms with Crippen LogP contribution in [0, 0.1) is 5.92 Å². The van der Waals surface area contributed by atoms with Crippen molar-refractivity contribution in [3.63, 3.8) is 0 Å². The summed E-state index contributed by atoms with van der Waals surface area (Å²) in [4.78, 5) is 44.1. The van der Waals surface area contributed by atoms with Crippen molar-refractivity contribution >= 4 is 17.8 Å². The van der Waals surface area contributed by atoms with Crippen LogP contribution in [0.3, 0.4) is 0 Å².